The molecule has 1 N–H and O–H groups in total. The average molecular weight is 286 g/mol. The summed E-state index contributed by atoms with van der Waals surface area (Å²) in [7, 11) is 0. The number of anilines is 1. The van der Waals surface area contributed by atoms with Crippen molar-refractivity contribution in [1.29, 1.82) is 0 Å². The second-order valence-corrected chi connectivity index (χ2v) is 5.21. The fourth-order valence-corrected chi connectivity index (χ4v) is 2.59. The van der Waals surface area contributed by atoms with Crippen molar-refractivity contribution >= 4 is 27.4 Å². The third-order valence-electron chi connectivity index (χ3n) is 2.74. The molecule has 5 nitrogen and oxygen atoms in total. The number of rotatable bonds is 5. The number of ether oxygens (including phenoxy) is 1. The summed E-state index contributed by atoms with van der Waals surface area (Å²) < 4.78 is 5.81. The number of nitrogens with zero attached hydrogens (tertiary/aromatic N) is 3. The van der Waals surface area contributed by atoms with Gasteiger partial charge in [0.15, 0.2) is 5.01 Å². The van der Waals surface area contributed by atoms with E-state index in [4.69, 9.17) is 4.74 Å². The van der Waals surface area contributed by atoms with Crippen LogP contribution in [0.15, 0.2) is 36.5 Å². The molecule has 2 aromatic heterocycles. The van der Waals surface area contributed by atoms with Gasteiger partial charge in [0.25, 0.3) is 0 Å². The van der Waals surface area contributed by atoms with Gasteiger partial charge in [-0.05, 0) is 19.1 Å². The largest absolute Gasteiger partial charge is 0.484 e. The maximum Gasteiger partial charge on any atom is 0.205 e. The van der Waals surface area contributed by atoms with E-state index in [1.54, 1.807) is 6.20 Å². The van der Waals surface area contributed by atoms with Gasteiger partial charge in [-0.25, -0.2) is 0 Å². The van der Waals surface area contributed by atoms with Crippen molar-refractivity contribution in [2.45, 2.75) is 13.5 Å². The highest BCUT2D eigenvalue weighted by Gasteiger charge is 2.06. The summed E-state index contributed by atoms with van der Waals surface area (Å²) >= 11 is 1.50. The Balaban J connectivity index is 1.76. The summed E-state index contributed by atoms with van der Waals surface area (Å²) in [5.41, 5.74) is 0.867. The van der Waals surface area contributed by atoms with Crippen molar-refractivity contribution in [1.82, 2.24) is 15.2 Å². The first-order valence-electron chi connectivity index (χ1n) is 6.39. The Morgan fingerprint density at radius 3 is 3.00 bits per heavy atom. The Morgan fingerprint density at radius 1 is 1.20 bits per heavy atom. The molecule has 0 radical (unpaired) electrons. The number of aromatic nitrogens is 3. The van der Waals surface area contributed by atoms with Crippen LogP contribution in [0.25, 0.3) is 10.9 Å². The van der Waals surface area contributed by atoms with Gasteiger partial charge in [-0.15, -0.1) is 10.2 Å². The Morgan fingerprint density at radius 2 is 2.10 bits per heavy atom. The lowest BCUT2D eigenvalue weighted by Gasteiger charge is -2.06. The van der Waals surface area contributed by atoms with E-state index in [1.165, 1.54) is 11.3 Å². The van der Waals surface area contributed by atoms with Crippen LogP contribution in [0, 0.1) is 0 Å². The molecule has 0 unspecified atom stereocenters. The van der Waals surface area contributed by atoms with Gasteiger partial charge in [-0.1, -0.05) is 29.5 Å². The zero-order valence-electron chi connectivity index (χ0n) is 11.0. The molecule has 3 aromatic rings. The van der Waals surface area contributed by atoms with Crippen LogP contribution in [0.4, 0.5) is 5.13 Å². The topological polar surface area (TPSA) is 59.9 Å². The molecule has 2 heterocycles. The SMILES string of the molecule is CCNc1nnc(COc2cccc3cccnc23)s1. The van der Waals surface area contributed by atoms with Crippen LogP contribution in [0.3, 0.4) is 0 Å². The summed E-state index contributed by atoms with van der Waals surface area (Å²) in [6.45, 7) is 3.26. The molecule has 0 aliphatic rings. The normalized spacial score (nSPS) is 10.7. The maximum atomic E-state index is 5.81. The highest BCUT2D eigenvalue weighted by molar-refractivity contribution is 7.15. The number of nitrogens with one attached hydrogen (secondary N) is 1. The Hall–Kier alpha value is -2.21. The molecule has 1 aromatic carbocycles. The predicted octanol–water partition coefficient (Wildman–Crippen LogP) is 3.10. The van der Waals surface area contributed by atoms with Crippen molar-refractivity contribution in [2.24, 2.45) is 0 Å². The van der Waals surface area contributed by atoms with E-state index in [0.29, 0.717) is 6.61 Å². The quantitative estimate of drug-likeness (QED) is 0.781. The molecule has 0 spiro atoms. The van der Waals surface area contributed by atoms with E-state index in [1.807, 2.05) is 37.3 Å². The lowest BCUT2D eigenvalue weighted by atomic mass is 10.2. The molecule has 102 valence electrons. The van der Waals surface area contributed by atoms with Crippen LogP contribution in [-0.4, -0.2) is 21.7 Å². The maximum absolute atomic E-state index is 5.81. The number of hydrogen-bond donors (Lipinski definition) is 1. The van der Waals surface area contributed by atoms with Gasteiger partial charge in [0.1, 0.15) is 17.9 Å². The summed E-state index contributed by atoms with van der Waals surface area (Å²) in [5.74, 6) is 0.767. The van der Waals surface area contributed by atoms with Crippen LogP contribution in [0.5, 0.6) is 5.75 Å². The summed E-state index contributed by atoms with van der Waals surface area (Å²) in [4.78, 5) is 4.36. The number of hydrogen-bond acceptors (Lipinski definition) is 6. The molecule has 0 aliphatic carbocycles. The molecule has 0 amide bonds. The van der Waals surface area contributed by atoms with Crippen molar-refractivity contribution in [3.63, 3.8) is 0 Å². The molecule has 0 aliphatic heterocycles. The second-order valence-electron chi connectivity index (χ2n) is 4.15. The third-order valence-corrected chi connectivity index (χ3v) is 3.60. The highest BCUT2D eigenvalue weighted by atomic mass is 32.1. The first kappa shape index (κ1) is 12.8. The first-order chi connectivity index (χ1) is 9.86. The molecule has 0 saturated heterocycles. The predicted molar refractivity (Wildman–Crippen MR) is 80.1 cm³/mol. The van der Waals surface area contributed by atoms with Crippen LogP contribution in [0.2, 0.25) is 0 Å². The standard InChI is InChI=1S/C14H14N4OS/c1-2-15-14-18-17-12(20-14)9-19-11-7-3-5-10-6-4-8-16-13(10)11/h3-8H,2,9H2,1H3,(H,15,18). The zero-order valence-corrected chi connectivity index (χ0v) is 11.9. The van der Waals surface area contributed by atoms with E-state index in [2.05, 4.69) is 20.5 Å². The zero-order chi connectivity index (χ0) is 13.8. The third kappa shape index (κ3) is 2.70. The number of para-hydroxylation sites is 1. The van der Waals surface area contributed by atoms with Crippen LogP contribution >= 0.6 is 11.3 Å². The Labute approximate surface area is 120 Å². The average Bonchev–Trinajstić information content (AvgIpc) is 2.93. The fraction of sp³-hybridized carbons (Fsp3) is 0.214. The molecular formula is C14H14N4OS. The molecule has 0 fully saturated rings. The van der Waals surface area contributed by atoms with Crippen molar-refractivity contribution < 1.29 is 4.74 Å². The minimum atomic E-state index is 0.402. The Kier molecular flexibility index (Phi) is 3.73. The van der Waals surface area contributed by atoms with E-state index >= 15 is 0 Å². The summed E-state index contributed by atoms with van der Waals surface area (Å²) in [6, 6.07) is 9.83. The summed E-state index contributed by atoms with van der Waals surface area (Å²) in [6.07, 6.45) is 1.77. The fourth-order valence-electron chi connectivity index (χ4n) is 1.87. The van der Waals surface area contributed by atoms with Gasteiger partial charge >= 0.3 is 0 Å². The van der Waals surface area contributed by atoms with Gasteiger partial charge < -0.3 is 10.1 Å². The van der Waals surface area contributed by atoms with E-state index in [0.717, 1.165) is 33.3 Å². The van der Waals surface area contributed by atoms with Crippen molar-refractivity contribution in [3.8, 4) is 5.75 Å². The lowest BCUT2D eigenvalue weighted by molar-refractivity contribution is 0.307. The van der Waals surface area contributed by atoms with Gasteiger partial charge in [0.05, 0.1) is 0 Å². The molecule has 0 saturated carbocycles. The minimum absolute atomic E-state index is 0.402. The molecule has 3 rings (SSSR count). The summed E-state index contributed by atoms with van der Waals surface area (Å²) in [5, 5.41) is 14.0. The number of fused-ring (bicyclic) bond motifs is 1. The minimum Gasteiger partial charge on any atom is -0.484 e. The first-order valence-corrected chi connectivity index (χ1v) is 7.21. The van der Waals surface area contributed by atoms with Crippen LogP contribution in [-0.2, 0) is 6.61 Å². The smallest absolute Gasteiger partial charge is 0.205 e. The molecule has 6 heteroatoms. The van der Waals surface area contributed by atoms with E-state index < -0.39 is 0 Å². The second kappa shape index (κ2) is 5.83. The van der Waals surface area contributed by atoms with E-state index in [-0.39, 0.29) is 0 Å². The molecule has 20 heavy (non-hydrogen) atoms. The number of benzene rings is 1. The molecular weight excluding hydrogens is 272 g/mol. The van der Waals surface area contributed by atoms with Crippen molar-refractivity contribution in [3.05, 3.63) is 41.5 Å². The monoisotopic (exact) mass is 286 g/mol. The number of pyridine rings is 1. The lowest BCUT2D eigenvalue weighted by Crippen LogP contribution is -1.96. The van der Waals surface area contributed by atoms with E-state index in [9.17, 15) is 0 Å². The van der Waals surface area contributed by atoms with Crippen LogP contribution in [0.1, 0.15) is 11.9 Å². The van der Waals surface area contributed by atoms with Gasteiger partial charge in [-0.2, -0.15) is 0 Å². The molecule has 0 bridgehead atoms. The van der Waals surface area contributed by atoms with Gasteiger partial charge in [-0.3, -0.25) is 4.98 Å². The van der Waals surface area contributed by atoms with Gasteiger partial charge in [0, 0.05) is 18.1 Å². The molecule has 0 atom stereocenters. The Bertz CT molecular complexity index is 708. The highest BCUT2D eigenvalue weighted by Crippen LogP contribution is 2.24. The van der Waals surface area contributed by atoms with Crippen molar-refractivity contribution in [2.75, 3.05) is 11.9 Å². The van der Waals surface area contributed by atoms with Gasteiger partial charge in [0.2, 0.25) is 5.13 Å². The van der Waals surface area contributed by atoms with Crippen LogP contribution < -0.4 is 10.1 Å².